The fourth-order valence-corrected chi connectivity index (χ4v) is 3.02. The van der Waals surface area contributed by atoms with Gasteiger partial charge in [-0.05, 0) is 29.8 Å². The number of nitrogens with zero attached hydrogens (tertiary/aromatic N) is 2. The Bertz CT molecular complexity index is 789. The van der Waals surface area contributed by atoms with E-state index >= 15 is 0 Å². The van der Waals surface area contributed by atoms with E-state index in [2.05, 4.69) is 38.5 Å². The van der Waals surface area contributed by atoms with E-state index in [4.69, 9.17) is 10.7 Å². The fraction of sp³-hybridized carbons (Fsp3) is 0.0714. The van der Waals surface area contributed by atoms with Crippen LogP contribution in [0.5, 0.6) is 0 Å². The first-order chi connectivity index (χ1) is 8.72. The van der Waals surface area contributed by atoms with Crippen LogP contribution in [0.4, 0.5) is 5.69 Å². The number of rotatable bonds is 0. The van der Waals surface area contributed by atoms with Crippen molar-refractivity contribution in [3.63, 3.8) is 0 Å². The van der Waals surface area contributed by atoms with Crippen LogP contribution < -0.4 is 5.73 Å². The van der Waals surface area contributed by atoms with Crippen LogP contribution in [0.2, 0.25) is 0 Å². The number of fused-ring (bicyclic) bond motifs is 5. The van der Waals surface area contributed by atoms with Crippen molar-refractivity contribution in [2.45, 2.75) is 6.42 Å². The molecule has 0 atom stereocenters. The van der Waals surface area contributed by atoms with Crippen LogP contribution in [0.15, 0.2) is 41.0 Å². The van der Waals surface area contributed by atoms with Crippen LogP contribution in [-0.2, 0) is 6.42 Å². The number of nitrogen functional groups attached to an aromatic ring is 1. The molecule has 2 N–H and O–H groups in total. The SMILES string of the molecule is Nc1ccc2nc3c(n2c1)Cc1cc(Br)ccc1-3. The summed E-state index contributed by atoms with van der Waals surface area (Å²) in [7, 11) is 0. The number of benzene rings is 1. The highest BCUT2D eigenvalue weighted by atomic mass is 79.9. The Balaban J connectivity index is 2.04. The second-order valence-corrected chi connectivity index (χ2v) is 5.49. The molecule has 3 aromatic rings. The average Bonchev–Trinajstić information content (AvgIpc) is 2.84. The van der Waals surface area contributed by atoms with Crippen molar-refractivity contribution in [1.82, 2.24) is 9.38 Å². The molecule has 0 saturated heterocycles. The molecule has 0 spiro atoms. The Morgan fingerprint density at radius 3 is 3.00 bits per heavy atom. The molecule has 18 heavy (non-hydrogen) atoms. The normalized spacial score (nSPS) is 12.7. The standard InChI is InChI=1S/C14H10BrN3/c15-9-1-3-11-8(5-9)6-12-14(11)17-13-4-2-10(16)7-18(12)13/h1-5,7H,6,16H2. The van der Waals surface area contributed by atoms with Gasteiger partial charge in [-0.1, -0.05) is 22.0 Å². The van der Waals surface area contributed by atoms with Crippen molar-refractivity contribution in [1.29, 1.82) is 0 Å². The minimum atomic E-state index is 0.764. The van der Waals surface area contributed by atoms with E-state index in [9.17, 15) is 0 Å². The molecule has 2 aromatic heterocycles. The maximum absolute atomic E-state index is 5.85. The van der Waals surface area contributed by atoms with Crippen LogP contribution in [0.1, 0.15) is 11.3 Å². The highest BCUT2D eigenvalue weighted by Crippen LogP contribution is 2.37. The summed E-state index contributed by atoms with van der Waals surface area (Å²) in [6.07, 6.45) is 2.86. The summed E-state index contributed by atoms with van der Waals surface area (Å²) in [5, 5.41) is 0. The summed E-state index contributed by atoms with van der Waals surface area (Å²) in [5.74, 6) is 0. The third kappa shape index (κ3) is 1.26. The molecule has 0 fully saturated rings. The molecule has 0 amide bonds. The number of anilines is 1. The van der Waals surface area contributed by atoms with Crippen molar-refractivity contribution in [2.24, 2.45) is 0 Å². The molecule has 0 unspecified atom stereocenters. The highest BCUT2D eigenvalue weighted by Gasteiger charge is 2.23. The van der Waals surface area contributed by atoms with Crippen molar-refractivity contribution in [3.05, 3.63) is 52.3 Å². The fourth-order valence-electron chi connectivity index (χ4n) is 2.61. The van der Waals surface area contributed by atoms with Gasteiger partial charge in [-0.3, -0.25) is 0 Å². The van der Waals surface area contributed by atoms with Gasteiger partial charge in [-0.2, -0.15) is 0 Å². The summed E-state index contributed by atoms with van der Waals surface area (Å²) in [6.45, 7) is 0. The summed E-state index contributed by atoms with van der Waals surface area (Å²) < 4.78 is 3.21. The first-order valence-corrected chi connectivity index (χ1v) is 6.57. The third-order valence-electron chi connectivity index (χ3n) is 3.42. The molecule has 0 radical (unpaired) electrons. The van der Waals surface area contributed by atoms with Gasteiger partial charge in [0.15, 0.2) is 0 Å². The van der Waals surface area contributed by atoms with Crippen LogP contribution >= 0.6 is 15.9 Å². The number of hydrogen-bond donors (Lipinski definition) is 1. The molecule has 4 rings (SSSR count). The molecule has 1 aliphatic rings. The Morgan fingerprint density at radius 2 is 2.11 bits per heavy atom. The van der Waals surface area contributed by atoms with E-state index in [1.54, 1.807) is 0 Å². The van der Waals surface area contributed by atoms with Gasteiger partial charge in [0.1, 0.15) is 5.65 Å². The Morgan fingerprint density at radius 1 is 1.22 bits per heavy atom. The first-order valence-electron chi connectivity index (χ1n) is 5.77. The highest BCUT2D eigenvalue weighted by molar-refractivity contribution is 9.10. The predicted octanol–water partition coefficient (Wildman–Crippen LogP) is 3.25. The number of hydrogen-bond acceptors (Lipinski definition) is 2. The van der Waals surface area contributed by atoms with Gasteiger partial charge in [0.2, 0.25) is 0 Å². The van der Waals surface area contributed by atoms with Crippen molar-refractivity contribution in [3.8, 4) is 11.3 Å². The maximum atomic E-state index is 5.85. The van der Waals surface area contributed by atoms with Crippen molar-refractivity contribution < 1.29 is 0 Å². The number of aromatic nitrogens is 2. The topological polar surface area (TPSA) is 43.3 Å². The largest absolute Gasteiger partial charge is 0.398 e. The Labute approximate surface area is 112 Å². The lowest BCUT2D eigenvalue weighted by atomic mass is 10.1. The minimum absolute atomic E-state index is 0.764. The summed E-state index contributed by atoms with van der Waals surface area (Å²) in [6, 6.07) is 10.2. The molecule has 3 nitrogen and oxygen atoms in total. The Hall–Kier alpha value is -1.81. The maximum Gasteiger partial charge on any atom is 0.137 e. The molecule has 0 saturated carbocycles. The van der Waals surface area contributed by atoms with E-state index in [1.165, 1.54) is 16.8 Å². The lowest BCUT2D eigenvalue weighted by Crippen LogP contribution is -1.94. The van der Waals surface area contributed by atoms with Gasteiger partial charge in [0.25, 0.3) is 0 Å². The second-order valence-electron chi connectivity index (χ2n) is 4.58. The molecule has 4 heteroatoms. The van der Waals surface area contributed by atoms with E-state index in [0.717, 1.165) is 27.9 Å². The lowest BCUT2D eigenvalue weighted by molar-refractivity contribution is 1.05. The summed E-state index contributed by atoms with van der Waals surface area (Å²) >= 11 is 3.51. The molecule has 1 aliphatic carbocycles. The van der Waals surface area contributed by atoms with Gasteiger partial charge >= 0.3 is 0 Å². The van der Waals surface area contributed by atoms with Gasteiger partial charge < -0.3 is 10.1 Å². The van der Waals surface area contributed by atoms with Crippen LogP contribution in [0, 0.1) is 0 Å². The lowest BCUT2D eigenvalue weighted by Gasteiger charge is -2.01. The van der Waals surface area contributed by atoms with Crippen molar-refractivity contribution >= 4 is 27.3 Å². The zero-order chi connectivity index (χ0) is 12.3. The zero-order valence-corrected chi connectivity index (χ0v) is 11.1. The van der Waals surface area contributed by atoms with Gasteiger partial charge in [0, 0.05) is 28.3 Å². The third-order valence-corrected chi connectivity index (χ3v) is 3.91. The summed E-state index contributed by atoms with van der Waals surface area (Å²) in [4.78, 5) is 4.70. The minimum Gasteiger partial charge on any atom is -0.398 e. The van der Waals surface area contributed by atoms with Crippen LogP contribution in [-0.4, -0.2) is 9.38 Å². The number of halogens is 1. The molecule has 2 heterocycles. The average molecular weight is 300 g/mol. The number of nitrogens with two attached hydrogens (primary N) is 1. The number of pyridine rings is 1. The Kier molecular flexibility index (Phi) is 1.89. The molecular formula is C14H10BrN3. The van der Waals surface area contributed by atoms with Crippen LogP contribution in [0.25, 0.3) is 16.9 Å². The van der Waals surface area contributed by atoms with E-state index in [0.29, 0.717) is 0 Å². The smallest absolute Gasteiger partial charge is 0.137 e. The van der Waals surface area contributed by atoms with Gasteiger partial charge in [0.05, 0.1) is 11.4 Å². The molecule has 0 bridgehead atoms. The summed E-state index contributed by atoms with van der Waals surface area (Å²) in [5.41, 5.74) is 12.4. The van der Waals surface area contributed by atoms with Crippen LogP contribution in [0.3, 0.4) is 0 Å². The van der Waals surface area contributed by atoms with E-state index in [-0.39, 0.29) is 0 Å². The van der Waals surface area contributed by atoms with E-state index < -0.39 is 0 Å². The number of imidazole rings is 1. The van der Waals surface area contributed by atoms with E-state index in [1.807, 2.05) is 18.3 Å². The molecular weight excluding hydrogens is 290 g/mol. The van der Waals surface area contributed by atoms with Crippen molar-refractivity contribution in [2.75, 3.05) is 5.73 Å². The molecule has 1 aromatic carbocycles. The second kappa shape index (κ2) is 3.36. The monoisotopic (exact) mass is 299 g/mol. The quantitative estimate of drug-likeness (QED) is 0.542. The zero-order valence-electron chi connectivity index (χ0n) is 9.52. The molecule has 88 valence electrons. The predicted molar refractivity (Wildman–Crippen MR) is 75.5 cm³/mol. The molecule has 0 aliphatic heterocycles. The van der Waals surface area contributed by atoms with Gasteiger partial charge in [-0.15, -0.1) is 0 Å². The van der Waals surface area contributed by atoms with Gasteiger partial charge in [-0.25, -0.2) is 4.98 Å². The first kappa shape index (κ1) is 10.1.